The van der Waals surface area contributed by atoms with Crippen molar-refractivity contribution >= 4 is 16.5 Å². The molecule has 2 rings (SSSR count). The summed E-state index contributed by atoms with van der Waals surface area (Å²) >= 11 is 1.52. The van der Waals surface area contributed by atoms with Gasteiger partial charge in [0.2, 0.25) is 0 Å². The molecular formula is C12H20N2OS. The molecule has 2 N–H and O–H groups in total. The lowest BCUT2D eigenvalue weighted by Crippen LogP contribution is -2.22. The standard InChI is InChI=1S/C12H20N2OS/c1-2-9-4-3-5-10(6-9)15-8-11-7-14-12(13)16-11/h7,9-10H,2-6,8H2,1H3,(H2,13,14). The van der Waals surface area contributed by atoms with E-state index in [4.69, 9.17) is 10.5 Å². The molecule has 0 aromatic carbocycles. The van der Waals surface area contributed by atoms with Crippen molar-refractivity contribution < 1.29 is 4.74 Å². The summed E-state index contributed by atoms with van der Waals surface area (Å²) in [5.41, 5.74) is 5.58. The molecule has 2 atom stereocenters. The first kappa shape index (κ1) is 11.9. The molecule has 0 radical (unpaired) electrons. The van der Waals surface area contributed by atoms with Crippen molar-refractivity contribution in [1.82, 2.24) is 4.98 Å². The quantitative estimate of drug-likeness (QED) is 0.879. The third-order valence-electron chi connectivity index (χ3n) is 3.34. The van der Waals surface area contributed by atoms with Crippen LogP contribution >= 0.6 is 11.3 Å². The number of ether oxygens (including phenoxy) is 1. The molecular weight excluding hydrogens is 220 g/mol. The van der Waals surface area contributed by atoms with Gasteiger partial charge in [0.25, 0.3) is 0 Å². The highest BCUT2D eigenvalue weighted by Crippen LogP contribution is 2.29. The van der Waals surface area contributed by atoms with Crippen molar-refractivity contribution in [3.05, 3.63) is 11.1 Å². The van der Waals surface area contributed by atoms with Crippen LogP contribution in [0.15, 0.2) is 6.20 Å². The highest BCUT2D eigenvalue weighted by Gasteiger charge is 2.21. The fourth-order valence-electron chi connectivity index (χ4n) is 2.35. The number of hydrogen-bond acceptors (Lipinski definition) is 4. The van der Waals surface area contributed by atoms with Gasteiger partial charge in [0.05, 0.1) is 17.6 Å². The van der Waals surface area contributed by atoms with Crippen LogP contribution in [0.25, 0.3) is 0 Å². The summed E-state index contributed by atoms with van der Waals surface area (Å²) in [5, 5.41) is 0.633. The van der Waals surface area contributed by atoms with E-state index in [1.54, 1.807) is 0 Å². The van der Waals surface area contributed by atoms with E-state index in [1.807, 2.05) is 6.20 Å². The van der Waals surface area contributed by atoms with Crippen molar-refractivity contribution in [3.8, 4) is 0 Å². The maximum absolute atomic E-state index is 5.93. The molecule has 1 saturated carbocycles. The van der Waals surface area contributed by atoms with Gasteiger partial charge in [-0.05, 0) is 18.8 Å². The fourth-order valence-corrected chi connectivity index (χ4v) is 2.96. The van der Waals surface area contributed by atoms with Crippen LogP contribution in [0.3, 0.4) is 0 Å². The Bertz CT molecular complexity index is 327. The van der Waals surface area contributed by atoms with E-state index < -0.39 is 0 Å². The largest absolute Gasteiger partial charge is 0.375 e. The van der Waals surface area contributed by atoms with Gasteiger partial charge in [-0.3, -0.25) is 0 Å². The Labute approximate surface area is 101 Å². The second kappa shape index (κ2) is 5.64. The second-order valence-electron chi connectivity index (χ2n) is 4.54. The van der Waals surface area contributed by atoms with E-state index in [2.05, 4.69) is 11.9 Å². The van der Waals surface area contributed by atoms with E-state index in [0.717, 1.165) is 10.8 Å². The van der Waals surface area contributed by atoms with Gasteiger partial charge in [-0.25, -0.2) is 4.98 Å². The number of nitrogens with zero attached hydrogens (tertiary/aromatic N) is 1. The molecule has 1 heterocycles. The van der Waals surface area contributed by atoms with Crippen LogP contribution in [0.4, 0.5) is 5.13 Å². The van der Waals surface area contributed by atoms with Gasteiger partial charge >= 0.3 is 0 Å². The lowest BCUT2D eigenvalue weighted by atomic mass is 9.85. The Hall–Kier alpha value is -0.610. The lowest BCUT2D eigenvalue weighted by Gasteiger charge is -2.28. The minimum absolute atomic E-state index is 0.446. The molecule has 4 heteroatoms. The summed E-state index contributed by atoms with van der Waals surface area (Å²) < 4.78 is 5.93. The maximum Gasteiger partial charge on any atom is 0.180 e. The van der Waals surface area contributed by atoms with Crippen LogP contribution in [-0.2, 0) is 11.3 Å². The van der Waals surface area contributed by atoms with Crippen LogP contribution < -0.4 is 5.73 Å². The van der Waals surface area contributed by atoms with E-state index in [0.29, 0.717) is 17.8 Å². The predicted octanol–water partition coefficient (Wildman–Crippen LogP) is 3.21. The highest BCUT2D eigenvalue weighted by molar-refractivity contribution is 7.15. The zero-order chi connectivity index (χ0) is 11.4. The van der Waals surface area contributed by atoms with Gasteiger partial charge in [0, 0.05) is 6.20 Å². The van der Waals surface area contributed by atoms with Gasteiger partial charge in [-0.15, -0.1) is 0 Å². The number of anilines is 1. The SMILES string of the molecule is CCC1CCCC(OCc2cnc(N)s2)C1. The van der Waals surface area contributed by atoms with E-state index in [1.165, 1.54) is 43.4 Å². The van der Waals surface area contributed by atoms with Crippen LogP contribution in [0.2, 0.25) is 0 Å². The number of hydrogen-bond donors (Lipinski definition) is 1. The smallest absolute Gasteiger partial charge is 0.180 e. The topological polar surface area (TPSA) is 48.1 Å². The minimum atomic E-state index is 0.446. The molecule has 1 fully saturated rings. The van der Waals surface area contributed by atoms with Gasteiger partial charge in [0.15, 0.2) is 5.13 Å². The summed E-state index contributed by atoms with van der Waals surface area (Å²) in [5.74, 6) is 0.866. The third kappa shape index (κ3) is 3.19. The Balaban J connectivity index is 1.77. The Morgan fingerprint density at radius 1 is 1.56 bits per heavy atom. The molecule has 0 aliphatic heterocycles. The molecule has 1 aliphatic carbocycles. The monoisotopic (exact) mass is 240 g/mol. The van der Waals surface area contributed by atoms with Crippen LogP contribution in [-0.4, -0.2) is 11.1 Å². The average Bonchev–Trinajstić information content (AvgIpc) is 2.73. The molecule has 2 unspecified atom stereocenters. The minimum Gasteiger partial charge on any atom is -0.375 e. The van der Waals surface area contributed by atoms with Crippen LogP contribution in [0.1, 0.15) is 43.9 Å². The summed E-state index contributed by atoms with van der Waals surface area (Å²) in [6.07, 6.45) is 8.68. The van der Waals surface area contributed by atoms with Crippen molar-refractivity contribution in [3.63, 3.8) is 0 Å². The first-order valence-electron chi connectivity index (χ1n) is 6.09. The Morgan fingerprint density at radius 2 is 2.44 bits per heavy atom. The van der Waals surface area contributed by atoms with E-state index in [-0.39, 0.29) is 0 Å². The molecule has 90 valence electrons. The van der Waals surface area contributed by atoms with Crippen molar-refractivity contribution in [2.24, 2.45) is 5.92 Å². The first-order valence-corrected chi connectivity index (χ1v) is 6.91. The maximum atomic E-state index is 5.93. The number of nitrogens with two attached hydrogens (primary N) is 1. The summed E-state index contributed by atoms with van der Waals surface area (Å²) in [6.45, 7) is 2.95. The van der Waals surface area contributed by atoms with Gasteiger partial charge in [-0.1, -0.05) is 37.5 Å². The summed E-state index contributed by atoms with van der Waals surface area (Å²) in [7, 11) is 0. The predicted molar refractivity (Wildman–Crippen MR) is 67.4 cm³/mol. The normalized spacial score (nSPS) is 25.8. The van der Waals surface area contributed by atoms with Gasteiger partial charge in [-0.2, -0.15) is 0 Å². The fraction of sp³-hybridized carbons (Fsp3) is 0.750. The van der Waals surface area contributed by atoms with Crippen molar-refractivity contribution in [2.45, 2.75) is 51.7 Å². The summed E-state index contributed by atoms with van der Waals surface area (Å²) in [6, 6.07) is 0. The first-order chi connectivity index (χ1) is 7.78. The lowest BCUT2D eigenvalue weighted by molar-refractivity contribution is 0.00291. The molecule has 16 heavy (non-hydrogen) atoms. The zero-order valence-corrected chi connectivity index (χ0v) is 10.6. The van der Waals surface area contributed by atoms with Crippen LogP contribution in [0.5, 0.6) is 0 Å². The van der Waals surface area contributed by atoms with E-state index >= 15 is 0 Å². The zero-order valence-electron chi connectivity index (χ0n) is 9.82. The van der Waals surface area contributed by atoms with E-state index in [9.17, 15) is 0 Å². The summed E-state index contributed by atoms with van der Waals surface area (Å²) in [4.78, 5) is 5.16. The highest BCUT2D eigenvalue weighted by atomic mass is 32.1. The molecule has 1 aromatic rings. The average molecular weight is 240 g/mol. The number of aromatic nitrogens is 1. The molecule has 0 saturated heterocycles. The van der Waals surface area contributed by atoms with Gasteiger partial charge in [0.1, 0.15) is 0 Å². The van der Waals surface area contributed by atoms with Crippen molar-refractivity contribution in [1.29, 1.82) is 0 Å². The van der Waals surface area contributed by atoms with Crippen molar-refractivity contribution in [2.75, 3.05) is 5.73 Å². The molecule has 1 aliphatic rings. The Morgan fingerprint density at radius 3 is 3.12 bits per heavy atom. The number of nitrogen functional groups attached to an aromatic ring is 1. The molecule has 0 bridgehead atoms. The van der Waals surface area contributed by atoms with Gasteiger partial charge < -0.3 is 10.5 Å². The second-order valence-corrected chi connectivity index (χ2v) is 5.69. The third-order valence-corrected chi connectivity index (χ3v) is 4.14. The molecule has 1 aromatic heterocycles. The Kier molecular flexibility index (Phi) is 4.18. The molecule has 0 amide bonds. The number of thiazole rings is 1. The van der Waals surface area contributed by atoms with Crippen LogP contribution in [0, 0.1) is 5.92 Å². The molecule has 3 nitrogen and oxygen atoms in total. The number of rotatable bonds is 4. The molecule has 0 spiro atoms.